The fraction of sp³-hybridized carbons (Fsp3) is 0.176. The zero-order valence-electron chi connectivity index (χ0n) is 13.1. The summed E-state index contributed by atoms with van der Waals surface area (Å²) in [5.41, 5.74) is 8.87. The maximum atomic E-state index is 6.10. The second-order valence-corrected chi connectivity index (χ2v) is 5.31. The van der Waals surface area contributed by atoms with E-state index in [9.17, 15) is 0 Å². The van der Waals surface area contributed by atoms with E-state index in [0.29, 0.717) is 12.5 Å². The van der Waals surface area contributed by atoms with E-state index in [1.165, 1.54) is 5.56 Å². The van der Waals surface area contributed by atoms with E-state index in [1.807, 2.05) is 36.4 Å². The Kier molecular flexibility index (Phi) is 4.14. The summed E-state index contributed by atoms with van der Waals surface area (Å²) in [7, 11) is 0. The quantitative estimate of drug-likeness (QED) is 0.672. The van der Waals surface area contributed by atoms with E-state index in [0.717, 1.165) is 22.6 Å². The normalized spacial score (nSPS) is 10.5. The van der Waals surface area contributed by atoms with Crippen LogP contribution in [0.4, 0.5) is 11.9 Å². The van der Waals surface area contributed by atoms with Crippen LogP contribution in [0, 0.1) is 13.8 Å². The number of hydrogen-bond donors (Lipinski definition) is 3. The van der Waals surface area contributed by atoms with Gasteiger partial charge in [0.25, 0.3) is 0 Å². The van der Waals surface area contributed by atoms with Crippen molar-refractivity contribution in [3.63, 3.8) is 0 Å². The lowest BCUT2D eigenvalue weighted by Crippen LogP contribution is -2.03. The van der Waals surface area contributed by atoms with Crippen molar-refractivity contribution in [2.75, 3.05) is 11.1 Å². The minimum atomic E-state index is 0.285. The van der Waals surface area contributed by atoms with E-state index in [1.54, 1.807) is 0 Å². The van der Waals surface area contributed by atoms with Crippen LogP contribution >= 0.6 is 0 Å². The van der Waals surface area contributed by atoms with Crippen LogP contribution in [-0.2, 0) is 6.54 Å². The average Bonchev–Trinajstić information content (AvgIpc) is 2.96. The van der Waals surface area contributed by atoms with Crippen molar-refractivity contribution in [1.29, 1.82) is 0 Å². The first-order valence-electron chi connectivity index (χ1n) is 7.37. The lowest BCUT2D eigenvalue weighted by Gasteiger charge is -2.14. The van der Waals surface area contributed by atoms with Gasteiger partial charge in [-0.25, -0.2) is 5.10 Å². The van der Waals surface area contributed by atoms with Crippen LogP contribution in [0.15, 0.2) is 42.5 Å². The Labute approximate surface area is 134 Å². The molecule has 4 N–H and O–H groups in total. The molecule has 0 aliphatic carbocycles. The number of benzene rings is 2. The first-order chi connectivity index (χ1) is 11.1. The molecule has 0 saturated heterocycles. The highest BCUT2D eigenvalue weighted by atomic mass is 16.5. The first kappa shape index (κ1) is 14.9. The lowest BCUT2D eigenvalue weighted by molar-refractivity contribution is 0.473. The molecule has 6 heteroatoms. The van der Waals surface area contributed by atoms with Gasteiger partial charge in [0.15, 0.2) is 0 Å². The van der Waals surface area contributed by atoms with Crippen molar-refractivity contribution in [1.82, 2.24) is 15.2 Å². The second-order valence-electron chi connectivity index (χ2n) is 5.31. The Morgan fingerprint density at radius 3 is 2.65 bits per heavy atom. The maximum Gasteiger partial charge on any atom is 0.243 e. The summed E-state index contributed by atoms with van der Waals surface area (Å²) in [6.45, 7) is 4.67. The number of hydrogen-bond acceptors (Lipinski definition) is 5. The van der Waals surface area contributed by atoms with Crippen LogP contribution in [-0.4, -0.2) is 15.2 Å². The molecular formula is C17H19N5O. The Morgan fingerprint density at radius 1 is 1.09 bits per heavy atom. The molecule has 0 atom stereocenters. The molecule has 6 nitrogen and oxygen atoms in total. The molecule has 0 unspecified atom stereocenters. The number of para-hydroxylation sites is 1. The number of aromatic amines is 1. The predicted octanol–water partition coefficient (Wildman–Crippen LogP) is 3.41. The highest BCUT2D eigenvalue weighted by Crippen LogP contribution is 2.29. The lowest BCUT2D eigenvalue weighted by atomic mass is 10.1. The van der Waals surface area contributed by atoms with Gasteiger partial charge in [-0.15, -0.1) is 5.10 Å². The van der Waals surface area contributed by atoms with Gasteiger partial charge in [-0.1, -0.05) is 30.3 Å². The molecule has 0 saturated carbocycles. The van der Waals surface area contributed by atoms with E-state index in [2.05, 4.69) is 40.4 Å². The van der Waals surface area contributed by atoms with Crippen LogP contribution in [0.3, 0.4) is 0 Å². The van der Waals surface area contributed by atoms with Gasteiger partial charge in [-0.2, -0.15) is 4.98 Å². The Bertz CT molecular complexity index is 812. The standard InChI is InChI=1S/C17H19N5O/c1-11-6-5-9-14(12(11)2)23-15-8-4-3-7-13(15)10-19-17-20-16(18)21-22-17/h3-9H,10H2,1-2H3,(H4,18,19,20,21,22). The average molecular weight is 309 g/mol. The summed E-state index contributed by atoms with van der Waals surface area (Å²) >= 11 is 0. The molecule has 2 aromatic carbocycles. The number of rotatable bonds is 5. The molecule has 3 aromatic rings. The van der Waals surface area contributed by atoms with Gasteiger partial charge in [0.1, 0.15) is 11.5 Å². The van der Waals surface area contributed by atoms with Crippen LogP contribution in [0.1, 0.15) is 16.7 Å². The van der Waals surface area contributed by atoms with Crippen LogP contribution < -0.4 is 15.8 Å². The third-order valence-corrected chi connectivity index (χ3v) is 3.69. The van der Waals surface area contributed by atoms with Crippen molar-refractivity contribution in [2.24, 2.45) is 0 Å². The van der Waals surface area contributed by atoms with Crippen molar-refractivity contribution in [2.45, 2.75) is 20.4 Å². The van der Waals surface area contributed by atoms with Crippen molar-refractivity contribution in [3.05, 3.63) is 59.2 Å². The highest BCUT2D eigenvalue weighted by Gasteiger charge is 2.08. The Hall–Kier alpha value is -3.02. The molecule has 0 radical (unpaired) electrons. The summed E-state index contributed by atoms with van der Waals surface area (Å²) < 4.78 is 6.10. The second kappa shape index (κ2) is 6.39. The number of H-pyrrole nitrogens is 1. The Morgan fingerprint density at radius 2 is 1.87 bits per heavy atom. The number of nitrogens with zero attached hydrogens (tertiary/aromatic N) is 2. The van der Waals surface area contributed by atoms with Gasteiger partial charge in [0.05, 0.1) is 0 Å². The zero-order chi connectivity index (χ0) is 16.2. The van der Waals surface area contributed by atoms with E-state index >= 15 is 0 Å². The molecular weight excluding hydrogens is 290 g/mol. The molecule has 0 aliphatic heterocycles. The molecule has 0 amide bonds. The number of aromatic nitrogens is 3. The van der Waals surface area contributed by atoms with E-state index in [-0.39, 0.29) is 5.95 Å². The predicted molar refractivity (Wildman–Crippen MR) is 90.6 cm³/mol. The van der Waals surface area contributed by atoms with Crippen molar-refractivity contribution < 1.29 is 4.74 Å². The molecule has 1 heterocycles. The number of ether oxygens (including phenoxy) is 1. The smallest absolute Gasteiger partial charge is 0.243 e. The summed E-state index contributed by atoms with van der Waals surface area (Å²) in [5.74, 6) is 2.41. The number of anilines is 2. The van der Waals surface area contributed by atoms with Gasteiger partial charge >= 0.3 is 0 Å². The summed E-state index contributed by atoms with van der Waals surface area (Å²) in [6.07, 6.45) is 0. The number of nitrogens with one attached hydrogen (secondary N) is 2. The molecule has 3 rings (SSSR count). The summed E-state index contributed by atoms with van der Waals surface area (Å²) in [6, 6.07) is 13.9. The SMILES string of the molecule is Cc1cccc(Oc2ccccc2CNc2n[nH]c(N)n2)c1C. The number of nitrogen functional groups attached to an aromatic ring is 1. The summed E-state index contributed by atoms with van der Waals surface area (Å²) in [5, 5.41) is 9.67. The van der Waals surface area contributed by atoms with Gasteiger partial charge < -0.3 is 15.8 Å². The van der Waals surface area contributed by atoms with Crippen molar-refractivity contribution in [3.8, 4) is 11.5 Å². The Balaban J connectivity index is 1.79. The van der Waals surface area contributed by atoms with Crippen LogP contribution in [0.5, 0.6) is 11.5 Å². The number of aryl methyl sites for hydroxylation is 1. The molecule has 0 spiro atoms. The molecule has 0 fully saturated rings. The minimum Gasteiger partial charge on any atom is -0.457 e. The van der Waals surface area contributed by atoms with Gasteiger partial charge in [-0.05, 0) is 37.1 Å². The molecule has 0 bridgehead atoms. The third kappa shape index (κ3) is 3.42. The van der Waals surface area contributed by atoms with Crippen molar-refractivity contribution >= 4 is 11.9 Å². The highest BCUT2D eigenvalue weighted by molar-refractivity contribution is 5.44. The third-order valence-electron chi connectivity index (χ3n) is 3.69. The largest absolute Gasteiger partial charge is 0.457 e. The fourth-order valence-corrected chi connectivity index (χ4v) is 2.23. The molecule has 23 heavy (non-hydrogen) atoms. The molecule has 1 aromatic heterocycles. The number of nitrogens with two attached hydrogens (primary N) is 1. The molecule has 0 aliphatic rings. The van der Waals surface area contributed by atoms with E-state index in [4.69, 9.17) is 10.5 Å². The fourth-order valence-electron chi connectivity index (χ4n) is 2.23. The van der Waals surface area contributed by atoms with Crippen LogP contribution in [0.2, 0.25) is 0 Å². The van der Waals surface area contributed by atoms with E-state index < -0.39 is 0 Å². The zero-order valence-corrected chi connectivity index (χ0v) is 13.1. The van der Waals surface area contributed by atoms with Gasteiger partial charge in [0.2, 0.25) is 11.9 Å². The monoisotopic (exact) mass is 309 g/mol. The van der Waals surface area contributed by atoms with Gasteiger partial charge in [-0.3, -0.25) is 0 Å². The van der Waals surface area contributed by atoms with Crippen LogP contribution in [0.25, 0.3) is 0 Å². The first-order valence-corrected chi connectivity index (χ1v) is 7.37. The topological polar surface area (TPSA) is 88.8 Å². The molecule has 118 valence electrons. The summed E-state index contributed by atoms with van der Waals surface area (Å²) in [4.78, 5) is 4.02. The minimum absolute atomic E-state index is 0.285. The van der Waals surface area contributed by atoms with Gasteiger partial charge in [0, 0.05) is 12.1 Å². The maximum absolute atomic E-state index is 6.10.